The van der Waals surface area contributed by atoms with Crippen molar-refractivity contribution in [1.29, 1.82) is 0 Å². The van der Waals surface area contributed by atoms with E-state index in [1.165, 1.54) is 28.0 Å². The molecule has 4 nitrogen and oxygen atoms in total. The SMILES string of the molecule is OCCCN1CCN(CCN=C2c3ccccc3CCc3ccccc32)CC1. The summed E-state index contributed by atoms with van der Waals surface area (Å²) in [4.78, 5) is 10.1. The van der Waals surface area contributed by atoms with E-state index < -0.39 is 0 Å². The zero-order valence-corrected chi connectivity index (χ0v) is 16.7. The van der Waals surface area contributed by atoms with Gasteiger partial charge in [0.05, 0.1) is 12.3 Å². The van der Waals surface area contributed by atoms with Crippen LogP contribution < -0.4 is 0 Å². The molecule has 0 spiro atoms. The molecule has 1 heterocycles. The van der Waals surface area contributed by atoms with Crippen molar-refractivity contribution in [2.45, 2.75) is 19.3 Å². The molecule has 4 heteroatoms. The molecule has 0 radical (unpaired) electrons. The van der Waals surface area contributed by atoms with E-state index in [0.29, 0.717) is 6.61 Å². The molecule has 1 saturated heterocycles. The lowest BCUT2D eigenvalue weighted by atomic mass is 9.98. The number of aliphatic imine (C=N–C) groups is 1. The Labute approximate surface area is 168 Å². The van der Waals surface area contributed by atoms with Crippen molar-refractivity contribution >= 4 is 5.71 Å². The summed E-state index contributed by atoms with van der Waals surface area (Å²) >= 11 is 0. The van der Waals surface area contributed by atoms with Crippen molar-refractivity contribution in [2.75, 3.05) is 52.4 Å². The van der Waals surface area contributed by atoms with Crippen LogP contribution in [0.25, 0.3) is 0 Å². The third-order valence-corrected chi connectivity index (χ3v) is 5.99. The minimum Gasteiger partial charge on any atom is -0.396 e. The first-order valence-corrected chi connectivity index (χ1v) is 10.6. The summed E-state index contributed by atoms with van der Waals surface area (Å²) in [5.74, 6) is 0. The monoisotopic (exact) mass is 377 g/mol. The molecular weight excluding hydrogens is 346 g/mol. The molecule has 2 aromatic carbocycles. The summed E-state index contributed by atoms with van der Waals surface area (Å²) in [7, 11) is 0. The number of hydrogen-bond donors (Lipinski definition) is 1. The number of aliphatic hydroxyl groups excluding tert-OH is 1. The molecule has 1 N–H and O–H groups in total. The van der Waals surface area contributed by atoms with Crippen molar-refractivity contribution in [3.8, 4) is 0 Å². The first-order chi connectivity index (χ1) is 13.8. The zero-order chi connectivity index (χ0) is 19.2. The Morgan fingerprint density at radius 3 is 1.86 bits per heavy atom. The van der Waals surface area contributed by atoms with Crippen molar-refractivity contribution in [1.82, 2.24) is 9.80 Å². The number of aliphatic hydroxyl groups is 1. The number of piperazine rings is 1. The summed E-state index contributed by atoms with van der Waals surface area (Å²) < 4.78 is 0. The minimum atomic E-state index is 0.292. The highest BCUT2D eigenvalue weighted by molar-refractivity contribution is 6.15. The molecule has 0 atom stereocenters. The lowest BCUT2D eigenvalue weighted by Crippen LogP contribution is -2.47. The van der Waals surface area contributed by atoms with Gasteiger partial charge in [-0.15, -0.1) is 0 Å². The van der Waals surface area contributed by atoms with E-state index in [-0.39, 0.29) is 0 Å². The van der Waals surface area contributed by atoms with E-state index in [4.69, 9.17) is 10.1 Å². The lowest BCUT2D eigenvalue weighted by Gasteiger charge is -2.34. The molecule has 0 unspecified atom stereocenters. The van der Waals surface area contributed by atoms with Crippen LogP contribution in [0.5, 0.6) is 0 Å². The Kier molecular flexibility index (Phi) is 6.53. The fourth-order valence-corrected chi connectivity index (χ4v) is 4.36. The summed E-state index contributed by atoms with van der Waals surface area (Å²) in [5.41, 5.74) is 6.61. The highest BCUT2D eigenvalue weighted by Gasteiger charge is 2.19. The normalized spacial score (nSPS) is 17.7. The maximum atomic E-state index is 9.00. The fourth-order valence-electron chi connectivity index (χ4n) is 4.36. The van der Waals surface area contributed by atoms with Crippen LogP contribution in [0.4, 0.5) is 0 Å². The van der Waals surface area contributed by atoms with Crippen LogP contribution in [0.1, 0.15) is 28.7 Å². The summed E-state index contributed by atoms with van der Waals surface area (Å²) in [6.45, 7) is 7.56. The van der Waals surface area contributed by atoms with Crippen LogP contribution in [0.15, 0.2) is 53.5 Å². The van der Waals surface area contributed by atoms with Gasteiger partial charge in [0.2, 0.25) is 0 Å². The Bertz CT molecular complexity index is 760. The summed E-state index contributed by atoms with van der Waals surface area (Å²) in [6, 6.07) is 17.5. The van der Waals surface area contributed by atoms with E-state index in [0.717, 1.165) is 65.1 Å². The third-order valence-electron chi connectivity index (χ3n) is 5.99. The molecule has 148 valence electrons. The van der Waals surface area contributed by atoms with Crippen molar-refractivity contribution in [2.24, 2.45) is 4.99 Å². The van der Waals surface area contributed by atoms with E-state index in [2.05, 4.69) is 58.3 Å². The molecule has 2 aliphatic rings. The van der Waals surface area contributed by atoms with Gasteiger partial charge < -0.3 is 10.0 Å². The van der Waals surface area contributed by atoms with E-state index in [1.54, 1.807) is 0 Å². The average molecular weight is 378 g/mol. The van der Waals surface area contributed by atoms with Gasteiger partial charge in [0, 0.05) is 57.0 Å². The Morgan fingerprint density at radius 1 is 0.750 bits per heavy atom. The van der Waals surface area contributed by atoms with Gasteiger partial charge in [0.15, 0.2) is 0 Å². The summed E-state index contributed by atoms with van der Waals surface area (Å²) in [5, 5.41) is 9.00. The molecule has 0 aromatic heterocycles. The number of aryl methyl sites for hydroxylation is 2. The molecule has 0 amide bonds. The molecule has 1 aliphatic heterocycles. The molecule has 2 aromatic rings. The van der Waals surface area contributed by atoms with Gasteiger partial charge in [-0.1, -0.05) is 48.5 Å². The van der Waals surface area contributed by atoms with Crippen LogP contribution in [0.3, 0.4) is 0 Å². The Balaban J connectivity index is 1.45. The first kappa shape index (κ1) is 19.3. The highest BCUT2D eigenvalue weighted by atomic mass is 16.3. The van der Waals surface area contributed by atoms with Crippen LogP contribution in [0, 0.1) is 0 Å². The fraction of sp³-hybridized carbons (Fsp3) is 0.458. The molecular formula is C24H31N3O. The predicted molar refractivity (Wildman–Crippen MR) is 115 cm³/mol. The van der Waals surface area contributed by atoms with Gasteiger partial charge >= 0.3 is 0 Å². The van der Waals surface area contributed by atoms with Crippen molar-refractivity contribution in [3.63, 3.8) is 0 Å². The largest absolute Gasteiger partial charge is 0.396 e. The van der Waals surface area contributed by atoms with Crippen LogP contribution in [-0.4, -0.2) is 73.0 Å². The quantitative estimate of drug-likeness (QED) is 0.841. The topological polar surface area (TPSA) is 39.1 Å². The number of rotatable bonds is 6. The van der Waals surface area contributed by atoms with Gasteiger partial charge in [0.1, 0.15) is 0 Å². The van der Waals surface area contributed by atoms with Gasteiger partial charge in [0.25, 0.3) is 0 Å². The second-order valence-corrected chi connectivity index (χ2v) is 7.81. The second kappa shape index (κ2) is 9.46. The molecule has 28 heavy (non-hydrogen) atoms. The molecule has 0 saturated carbocycles. The van der Waals surface area contributed by atoms with Gasteiger partial charge in [-0.2, -0.15) is 0 Å². The molecule has 1 aliphatic carbocycles. The Morgan fingerprint density at radius 2 is 1.29 bits per heavy atom. The van der Waals surface area contributed by atoms with E-state index in [1.807, 2.05) is 0 Å². The van der Waals surface area contributed by atoms with Crippen molar-refractivity contribution < 1.29 is 5.11 Å². The standard InChI is InChI=1S/C24H31N3O/c28-19-5-13-26-15-17-27(18-16-26)14-12-25-24-22-8-3-1-6-20(22)10-11-21-7-2-4-9-23(21)24/h1-4,6-9,28H,5,10-19H2. The van der Waals surface area contributed by atoms with Crippen molar-refractivity contribution in [3.05, 3.63) is 70.8 Å². The van der Waals surface area contributed by atoms with Gasteiger partial charge in [-0.05, 0) is 30.4 Å². The maximum absolute atomic E-state index is 9.00. The number of benzene rings is 2. The van der Waals surface area contributed by atoms with Crippen LogP contribution in [0.2, 0.25) is 0 Å². The van der Waals surface area contributed by atoms with Crippen LogP contribution >= 0.6 is 0 Å². The molecule has 0 bridgehead atoms. The Hall–Kier alpha value is -2.01. The zero-order valence-electron chi connectivity index (χ0n) is 16.7. The van der Waals surface area contributed by atoms with E-state index >= 15 is 0 Å². The lowest BCUT2D eigenvalue weighted by molar-refractivity contribution is 0.127. The number of hydrogen-bond acceptors (Lipinski definition) is 4. The second-order valence-electron chi connectivity index (χ2n) is 7.81. The maximum Gasteiger partial charge on any atom is 0.0725 e. The van der Waals surface area contributed by atoms with Gasteiger partial charge in [-0.3, -0.25) is 9.89 Å². The summed E-state index contributed by atoms with van der Waals surface area (Å²) in [6.07, 6.45) is 3.05. The third kappa shape index (κ3) is 4.52. The van der Waals surface area contributed by atoms with Gasteiger partial charge in [-0.25, -0.2) is 0 Å². The molecule has 4 rings (SSSR count). The smallest absolute Gasteiger partial charge is 0.0725 e. The highest BCUT2D eigenvalue weighted by Crippen LogP contribution is 2.25. The predicted octanol–water partition coefficient (Wildman–Crippen LogP) is 2.62. The molecule has 1 fully saturated rings. The van der Waals surface area contributed by atoms with E-state index in [9.17, 15) is 0 Å². The number of fused-ring (bicyclic) bond motifs is 2. The first-order valence-electron chi connectivity index (χ1n) is 10.6. The minimum absolute atomic E-state index is 0.292. The van der Waals surface area contributed by atoms with Crippen LogP contribution in [-0.2, 0) is 12.8 Å². The average Bonchev–Trinajstić information content (AvgIpc) is 2.91. The number of nitrogens with zero attached hydrogens (tertiary/aromatic N) is 3.